The summed E-state index contributed by atoms with van der Waals surface area (Å²) in [6.07, 6.45) is 8.06. The molecule has 1 saturated heterocycles. The summed E-state index contributed by atoms with van der Waals surface area (Å²) in [7, 11) is 1.86. The second kappa shape index (κ2) is 8.70. The fraction of sp³-hybridized carbons (Fsp3) is 0.360. The minimum atomic E-state index is -0.972. The van der Waals surface area contributed by atoms with Gasteiger partial charge in [-0.2, -0.15) is 5.10 Å². The van der Waals surface area contributed by atoms with Crippen LogP contribution in [0.25, 0.3) is 22.3 Å². The predicted molar refractivity (Wildman–Crippen MR) is 135 cm³/mol. The highest BCUT2D eigenvalue weighted by Gasteiger charge is 2.32. The molecule has 0 spiro atoms. The van der Waals surface area contributed by atoms with Gasteiger partial charge >= 0.3 is 0 Å². The van der Waals surface area contributed by atoms with Crippen molar-refractivity contribution >= 4 is 33.7 Å². The van der Waals surface area contributed by atoms with Crippen molar-refractivity contribution in [3.63, 3.8) is 0 Å². The maximum Gasteiger partial charge on any atom is 0.156 e. The van der Waals surface area contributed by atoms with Gasteiger partial charge in [-0.25, -0.2) is 15.0 Å². The molecule has 3 aromatic heterocycles. The number of aromatic amines is 1. The lowest BCUT2D eigenvalue weighted by Gasteiger charge is -2.28. The maximum atomic E-state index is 11.2. The lowest BCUT2D eigenvalue weighted by Crippen LogP contribution is -2.31. The van der Waals surface area contributed by atoms with Crippen LogP contribution < -0.4 is 15.5 Å². The minimum absolute atomic E-state index is 0.212. The minimum Gasteiger partial charge on any atom is -0.373 e. The summed E-state index contributed by atoms with van der Waals surface area (Å²) < 4.78 is 1.72. The maximum absolute atomic E-state index is 11.2. The number of rotatable bonds is 5. The molecule has 10 heteroatoms. The molecule has 35 heavy (non-hydrogen) atoms. The summed E-state index contributed by atoms with van der Waals surface area (Å²) >= 11 is 0. The van der Waals surface area contributed by atoms with Crippen molar-refractivity contribution in [3.05, 3.63) is 60.2 Å². The molecule has 4 aromatic rings. The van der Waals surface area contributed by atoms with Gasteiger partial charge in [-0.3, -0.25) is 4.68 Å². The molecule has 5 heterocycles. The topological polar surface area (TPSA) is 120 Å². The van der Waals surface area contributed by atoms with Gasteiger partial charge in [-0.15, -0.1) is 0 Å². The number of fused-ring (bicyclic) bond motifs is 2. The monoisotopic (exact) mass is 471 g/mol. The normalized spacial score (nSPS) is 18.9. The number of H-pyrrole nitrogens is 1. The molecule has 1 fully saturated rings. The van der Waals surface area contributed by atoms with Crippen LogP contribution in [0.15, 0.2) is 42.9 Å². The largest absolute Gasteiger partial charge is 0.373 e. The zero-order valence-electron chi connectivity index (χ0n) is 19.9. The molecular weight excluding hydrogens is 442 g/mol. The van der Waals surface area contributed by atoms with E-state index in [4.69, 9.17) is 4.98 Å². The third-order valence-electron chi connectivity index (χ3n) is 6.68. The van der Waals surface area contributed by atoms with E-state index in [0.29, 0.717) is 28.6 Å². The molecule has 10 nitrogen and oxygen atoms in total. The first-order chi connectivity index (χ1) is 17.1. The Morgan fingerprint density at radius 3 is 2.74 bits per heavy atom. The van der Waals surface area contributed by atoms with Crippen LogP contribution in [0.2, 0.25) is 0 Å². The van der Waals surface area contributed by atoms with E-state index in [9.17, 15) is 5.11 Å². The van der Waals surface area contributed by atoms with Gasteiger partial charge in [0, 0.05) is 44.4 Å². The Bertz CT molecular complexity index is 1380. The number of aliphatic hydroxyl groups excluding tert-OH is 1. The standard InChI is InChI=1S/C25H29N9O/c1-15(23-26-9-6-10-27-23)28-22-20(25(35)31-19-14-33(2)32-21(19)22)24-29-17-8-7-16(13-18(17)30-24)34-11-4-3-5-12-34/h6-10,13-15,25,28,31,35H,3-5,11-12H2,1-2H3,(H,29,30)/t15-,25?/m0/s1. The molecule has 0 bridgehead atoms. The number of nitrogens with zero attached hydrogens (tertiary/aromatic N) is 6. The average Bonchev–Trinajstić information content (AvgIpc) is 3.47. The number of benzene rings is 1. The van der Waals surface area contributed by atoms with Crippen LogP contribution >= 0.6 is 0 Å². The van der Waals surface area contributed by atoms with E-state index in [2.05, 4.69) is 47.7 Å². The number of piperidine rings is 1. The van der Waals surface area contributed by atoms with Gasteiger partial charge in [0.2, 0.25) is 0 Å². The number of nitrogens with one attached hydrogen (secondary N) is 3. The number of imidazole rings is 1. The predicted octanol–water partition coefficient (Wildman–Crippen LogP) is 3.04. The molecule has 1 aromatic carbocycles. The molecular formula is C25H29N9O. The van der Waals surface area contributed by atoms with Crippen LogP contribution in [0, 0.1) is 0 Å². The van der Waals surface area contributed by atoms with Crippen molar-refractivity contribution in [1.82, 2.24) is 35.0 Å². The van der Waals surface area contributed by atoms with Crippen LogP contribution in [0.1, 0.15) is 49.6 Å². The van der Waals surface area contributed by atoms with Gasteiger partial charge in [-0.1, -0.05) is 0 Å². The number of hydrogen-bond acceptors (Lipinski definition) is 8. The van der Waals surface area contributed by atoms with E-state index in [1.54, 1.807) is 23.1 Å². The smallest absolute Gasteiger partial charge is 0.156 e. The zero-order valence-corrected chi connectivity index (χ0v) is 19.9. The molecule has 4 N–H and O–H groups in total. The van der Waals surface area contributed by atoms with Crippen molar-refractivity contribution in [2.45, 2.75) is 38.5 Å². The molecule has 1 unspecified atom stereocenters. The van der Waals surface area contributed by atoms with E-state index >= 15 is 0 Å². The first kappa shape index (κ1) is 21.6. The van der Waals surface area contributed by atoms with E-state index in [1.165, 1.54) is 24.9 Å². The van der Waals surface area contributed by atoms with Gasteiger partial charge in [0.15, 0.2) is 6.23 Å². The lowest BCUT2D eigenvalue weighted by atomic mass is 10.0. The fourth-order valence-corrected chi connectivity index (χ4v) is 4.95. The van der Waals surface area contributed by atoms with Crippen LogP contribution in [-0.2, 0) is 7.05 Å². The van der Waals surface area contributed by atoms with Gasteiger partial charge in [0.05, 0.1) is 34.0 Å². The Labute approximate surface area is 203 Å². The number of aliphatic hydroxyl groups is 1. The van der Waals surface area contributed by atoms with E-state index in [1.807, 2.05) is 26.2 Å². The third kappa shape index (κ3) is 3.99. The molecule has 0 radical (unpaired) electrons. The average molecular weight is 472 g/mol. The Morgan fingerprint density at radius 1 is 1.14 bits per heavy atom. The van der Waals surface area contributed by atoms with Crippen LogP contribution in [-0.4, -0.2) is 54.1 Å². The number of anilines is 2. The van der Waals surface area contributed by atoms with E-state index < -0.39 is 6.23 Å². The number of aryl methyl sites for hydroxylation is 1. The summed E-state index contributed by atoms with van der Waals surface area (Å²) in [5.74, 6) is 1.25. The van der Waals surface area contributed by atoms with Crippen molar-refractivity contribution in [1.29, 1.82) is 0 Å². The summed E-state index contributed by atoms with van der Waals surface area (Å²) in [4.78, 5) is 19.5. The van der Waals surface area contributed by atoms with Crippen LogP contribution in [0.5, 0.6) is 0 Å². The first-order valence-electron chi connectivity index (χ1n) is 12.1. The summed E-state index contributed by atoms with van der Waals surface area (Å²) in [6, 6.07) is 7.91. The highest BCUT2D eigenvalue weighted by molar-refractivity contribution is 5.97. The number of aromatic nitrogens is 6. The molecule has 0 aliphatic carbocycles. The van der Waals surface area contributed by atoms with Gasteiger partial charge < -0.3 is 25.6 Å². The van der Waals surface area contributed by atoms with Crippen LogP contribution in [0.3, 0.4) is 0 Å². The summed E-state index contributed by atoms with van der Waals surface area (Å²) in [5.41, 5.74) is 5.75. The highest BCUT2D eigenvalue weighted by atomic mass is 16.3. The van der Waals surface area contributed by atoms with Crippen molar-refractivity contribution in [2.75, 3.05) is 23.3 Å². The Hall–Kier alpha value is -3.92. The van der Waals surface area contributed by atoms with Gasteiger partial charge in [0.1, 0.15) is 17.3 Å². The molecule has 0 amide bonds. The second-order valence-electron chi connectivity index (χ2n) is 9.21. The quantitative estimate of drug-likeness (QED) is 0.351. The Balaban J connectivity index is 1.44. The highest BCUT2D eigenvalue weighted by Crippen LogP contribution is 2.37. The Morgan fingerprint density at radius 2 is 1.94 bits per heavy atom. The molecule has 2 aliphatic rings. The van der Waals surface area contributed by atoms with Crippen molar-refractivity contribution in [2.24, 2.45) is 7.05 Å². The molecule has 180 valence electrons. The molecule has 6 rings (SSSR count). The SMILES string of the molecule is C[C@H](NC1=C(c2nc3ccc(N4CCCCC4)cc3[nH]2)C(O)Nc2cn(C)nc21)c1ncccn1. The first-order valence-corrected chi connectivity index (χ1v) is 12.1. The zero-order chi connectivity index (χ0) is 23.9. The molecule has 2 aliphatic heterocycles. The van der Waals surface area contributed by atoms with E-state index in [-0.39, 0.29) is 6.04 Å². The fourth-order valence-electron chi connectivity index (χ4n) is 4.95. The number of hydrogen-bond donors (Lipinski definition) is 4. The lowest BCUT2D eigenvalue weighted by molar-refractivity contribution is 0.259. The van der Waals surface area contributed by atoms with Crippen molar-refractivity contribution < 1.29 is 5.11 Å². The van der Waals surface area contributed by atoms with Crippen LogP contribution in [0.4, 0.5) is 11.4 Å². The van der Waals surface area contributed by atoms with Gasteiger partial charge in [0.25, 0.3) is 0 Å². The summed E-state index contributed by atoms with van der Waals surface area (Å²) in [6.45, 7) is 4.15. The molecule has 2 atom stereocenters. The second-order valence-corrected chi connectivity index (χ2v) is 9.21. The van der Waals surface area contributed by atoms with Crippen molar-refractivity contribution in [3.8, 4) is 0 Å². The van der Waals surface area contributed by atoms with Gasteiger partial charge in [-0.05, 0) is 50.5 Å². The third-order valence-corrected chi connectivity index (χ3v) is 6.68. The molecule has 0 saturated carbocycles. The summed E-state index contributed by atoms with van der Waals surface area (Å²) in [5, 5.41) is 22.5. The van der Waals surface area contributed by atoms with E-state index in [0.717, 1.165) is 29.8 Å². The Kier molecular flexibility index (Phi) is 5.37.